The molecular weight excluding hydrogens is 504 g/mol. The lowest BCUT2D eigenvalue weighted by molar-refractivity contribution is 0.103. The van der Waals surface area contributed by atoms with Gasteiger partial charge in [0, 0.05) is 31.7 Å². The number of nitrogens with zero attached hydrogens (tertiary/aromatic N) is 4. The van der Waals surface area contributed by atoms with E-state index in [1.165, 1.54) is 28.2 Å². The average molecular weight is 543 g/mol. The van der Waals surface area contributed by atoms with Gasteiger partial charge in [-0.1, -0.05) is 60.7 Å². The molecule has 4 aromatic rings. The Morgan fingerprint density at radius 2 is 1.49 bits per heavy atom. The molecule has 3 atom stereocenters. The van der Waals surface area contributed by atoms with Crippen LogP contribution in [0.4, 0.5) is 0 Å². The Labute approximate surface area is 232 Å². The molecule has 39 heavy (non-hydrogen) atoms. The van der Waals surface area contributed by atoms with E-state index in [-0.39, 0.29) is 5.92 Å². The summed E-state index contributed by atoms with van der Waals surface area (Å²) in [5, 5.41) is 0. The maximum absolute atomic E-state index is 13.3. The zero-order chi connectivity index (χ0) is 27.0. The Hall–Kier alpha value is -3.00. The molecule has 2 fully saturated rings. The summed E-state index contributed by atoms with van der Waals surface area (Å²) >= 11 is 0. The number of piperidine rings is 1. The topological polar surface area (TPSA) is 58.4 Å². The smallest absolute Gasteiger partial charge is 0.242 e. The second kappa shape index (κ2) is 10.9. The normalized spacial score (nSPS) is 22.5. The van der Waals surface area contributed by atoms with Crippen LogP contribution in [0.5, 0.6) is 0 Å². The molecule has 3 unspecified atom stereocenters. The van der Waals surface area contributed by atoms with Crippen molar-refractivity contribution in [2.24, 2.45) is 0 Å². The van der Waals surface area contributed by atoms with Crippen molar-refractivity contribution in [3.8, 4) is 0 Å². The molecule has 2 saturated heterocycles. The number of benzene rings is 3. The molecule has 7 heteroatoms. The van der Waals surface area contributed by atoms with Crippen LogP contribution in [-0.4, -0.2) is 59.4 Å². The standard InChI is InChI=1S/C32H38N4O2S/c1-24-33-31-15-9-10-16-32(31)36(24)29-21-27-17-18-28(22-29)35(27)20-19-26(25-11-5-3-6-12-25)23-34(2)39(37,38)30-13-7-4-8-14-30/h3-16,26-29H,17-23H2,1-2H3. The second-order valence-electron chi connectivity index (χ2n) is 11.3. The third kappa shape index (κ3) is 5.15. The molecular formula is C32H38N4O2S. The minimum Gasteiger partial charge on any atom is -0.325 e. The molecule has 0 amide bonds. The number of fused-ring (bicyclic) bond motifs is 3. The van der Waals surface area contributed by atoms with Gasteiger partial charge in [-0.15, -0.1) is 0 Å². The highest BCUT2D eigenvalue weighted by molar-refractivity contribution is 7.89. The van der Waals surface area contributed by atoms with E-state index in [1.807, 2.05) is 12.1 Å². The van der Waals surface area contributed by atoms with Gasteiger partial charge in [-0.05, 0) is 81.3 Å². The first kappa shape index (κ1) is 26.2. The molecule has 2 bridgehead atoms. The number of sulfonamides is 1. The molecule has 0 radical (unpaired) electrons. The molecule has 0 spiro atoms. The molecule has 2 aliphatic heterocycles. The second-order valence-corrected chi connectivity index (χ2v) is 13.3. The third-order valence-corrected chi connectivity index (χ3v) is 10.8. The van der Waals surface area contributed by atoms with E-state index in [1.54, 1.807) is 31.3 Å². The van der Waals surface area contributed by atoms with Crippen molar-refractivity contribution in [1.29, 1.82) is 0 Å². The van der Waals surface area contributed by atoms with Crippen LogP contribution in [0, 0.1) is 6.92 Å². The highest BCUT2D eigenvalue weighted by atomic mass is 32.2. The van der Waals surface area contributed by atoms with Crippen LogP contribution in [0.25, 0.3) is 11.0 Å². The molecule has 0 aliphatic carbocycles. The fourth-order valence-electron chi connectivity index (χ4n) is 7.02. The summed E-state index contributed by atoms with van der Waals surface area (Å²) in [6, 6.07) is 29.3. The highest BCUT2D eigenvalue weighted by Crippen LogP contribution is 2.43. The van der Waals surface area contributed by atoms with Crippen LogP contribution in [0.3, 0.4) is 0 Å². The summed E-state index contributed by atoms with van der Waals surface area (Å²) in [4.78, 5) is 7.91. The Balaban J connectivity index is 1.17. The number of hydrogen-bond acceptors (Lipinski definition) is 4. The first-order valence-electron chi connectivity index (χ1n) is 14.2. The van der Waals surface area contributed by atoms with Gasteiger partial charge < -0.3 is 4.57 Å². The number of rotatable bonds is 9. The fraction of sp³-hybridized carbons (Fsp3) is 0.406. The van der Waals surface area contributed by atoms with E-state index in [9.17, 15) is 8.42 Å². The molecule has 6 nitrogen and oxygen atoms in total. The predicted molar refractivity (Wildman–Crippen MR) is 156 cm³/mol. The summed E-state index contributed by atoms with van der Waals surface area (Å²) in [5.41, 5.74) is 3.54. The monoisotopic (exact) mass is 542 g/mol. The van der Waals surface area contributed by atoms with Gasteiger partial charge in [-0.2, -0.15) is 0 Å². The van der Waals surface area contributed by atoms with Gasteiger partial charge >= 0.3 is 0 Å². The number of likely N-dealkylation sites (N-methyl/N-ethyl adjacent to an activating group) is 1. The van der Waals surface area contributed by atoms with Crippen molar-refractivity contribution in [3.05, 3.63) is 96.3 Å². The maximum atomic E-state index is 13.3. The lowest BCUT2D eigenvalue weighted by Gasteiger charge is -2.40. The van der Waals surface area contributed by atoms with E-state index in [2.05, 4.69) is 64.9 Å². The van der Waals surface area contributed by atoms with Crippen LogP contribution in [0.1, 0.15) is 55.5 Å². The van der Waals surface area contributed by atoms with Crippen molar-refractivity contribution >= 4 is 21.1 Å². The Bertz CT molecular complexity index is 1510. The zero-order valence-corrected chi connectivity index (χ0v) is 23.7. The molecule has 3 heterocycles. The summed E-state index contributed by atoms with van der Waals surface area (Å²) < 4.78 is 30.6. The Morgan fingerprint density at radius 3 is 2.18 bits per heavy atom. The summed E-state index contributed by atoms with van der Waals surface area (Å²) in [6.07, 6.45) is 5.71. The van der Waals surface area contributed by atoms with Crippen LogP contribution >= 0.6 is 0 Å². The molecule has 0 saturated carbocycles. The van der Waals surface area contributed by atoms with Crippen molar-refractivity contribution < 1.29 is 8.42 Å². The summed E-state index contributed by atoms with van der Waals surface area (Å²) in [6.45, 7) is 3.59. The molecule has 0 N–H and O–H groups in total. The molecule has 3 aromatic carbocycles. The van der Waals surface area contributed by atoms with E-state index >= 15 is 0 Å². The van der Waals surface area contributed by atoms with Gasteiger partial charge in [0.1, 0.15) is 5.82 Å². The first-order valence-corrected chi connectivity index (χ1v) is 15.6. The molecule has 204 valence electrons. The predicted octanol–water partition coefficient (Wildman–Crippen LogP) is 6.01. The average Bonchev–Trinajstić information content (AvgIpc) is 3.42. The van der Waals surface area contributed by atoms with Gasteiger partial charge in [-0.3, -0.25) is 4.90 Å². The van der Waals surface area contributed by atoms with Crippen LogP contribution < -0.4 is 0 Å². The lowest BCUT2D eigenvalue weighted by Crippen LogP contribution is -2.44. The van der Waals surface area contributed by atoms with Gasteiger partial charge in [-0.25, -0.2) is 17.7 Å². The number of para-hydroxylation sites is 2. The van der Waals surface area contributed by atoms with E-state index in [4.69, 9.17) is 4.98 Å². The molecule has 6 rings (SSSR count). The van der Waals surface area contributed by atoms with Gasteiger partial charge in [0.25, 0.3) is 0 Å². The summed E-state index contributed by atoms with van der Waals surface area (Å²) in [5.74, 6) is 1.24. The van der Waals surface area contributed by atoms with E-state index < -0.39 is 10.0 Å². The van der Waals surface area contributed by atoms with Crippen LogP contribution in [-0.2, 0) is 10.0 Å². The summed E-state index contributed by atoms with van der Waals surface area (Å²) in [7, 11) is -1.82. The first-order chi connectivity index (χ1) is 18.9. The van der Waals surface area contributed by atoms with Crippen LogP contribution in [0.15, 0.2) is 89.8 Å². The van der Waals surface area contributed by atoms with Crippen molar-refractivity contribution in [1.82, 2.24) is 18.8 Å². The Kier molecular flexibility index (Phi) is 7.31. The lowest BCUT2D eigenvalue weighted by atomic mass is 9.92. The van der Waals surface area contributed by atoms with Crippen molar-refractivity contribution in [2.75, 3.05) is 20.1 Å². The number of aryl methyl sites for hydroxylation is 1. The van der Waals surface area contributed by atoms with E-state index in [0.717, 1.165) is 37.1 Å². The quantitative estimate of drug-likeness (QED) is 0.260. The Morgan fingerprint density at radius 1 is 0.872 bits per heavy atom. The fourth-order valence-corrected chi connectivity index (χ4v) is 8.26. The number of hydrogen-bond donors (Lipinski definition) is 0. The van der Waals surface area contributed by atoms with Gasteiger partial charge in [0.2, 0.25) is 10.0 Å². The SMILES string of the molecule is Cc1nc2ccccc2n1C1CC2CCC(C1)N2CCC(CN(C)S(=O)(=O)c1ccccc1)c1ccccc1. The number of imidazole rings is 1. The molecule has 1 aromatic heterocycles. The van der Waals surface area contributed by atoms with Crippen LogP contribution in [0.2, 0.25) is 0 Å². The van der Waals surface area contributed by atoms with Crippen molar-refractivity contribution in [2.45, 2.75) is 68.0 Å². The zero-order valence-electron chi connectivity index (χ0n) is 22.9. The van der Waals surface area contributed by atoms with E-state index in [0.29, 0.717) is 29.6 Å². The largest absolute Gasteiger partial charge is 0.325 e. The number of aromatic nitrogens is 2. The highest BCUT2D eigenvalue weighted by Gasteiger charge is 2.42. The van der Waals surface area contributed by atoms with Gasteiger partial charge in [0.15, 0.2) is 0 Å². The molecule has 2 aliphatic rings. The van der Waals surface area contributed by atoms with Gasteiger partial charge in [0.05, 0.1) is 15.9 Å². The maximum Gasteiger partial charge on any atom is 0.242 e. The minimum atomic E-state index is -3.54. The minimum absolute atomic E-state index is 0.131. The third-order valence-electron chi connectivity index (χ3n) is 8.93. The van der Waals surface area contributed by atoms with Crippen molar-refractivity contribution in [3.63, 3.8) is 0 Å².